The quantitative estimate of drug-likeness (QED) is 0.858. The van der Waals surface area contributed by atoms with Gasteiger partial charge in [-0.25, -0.2) is 0 Å². The summed E-state index contributed by atoms with van der Waals surface area (Å²) in [7, 11) is 0. The number of hydrogen-bond donors (Lipinski definition) is 2. The molecule has 2 rings (SSSR count). The van der Waals surface area contributed by atoms with Crippen molar-refractivity contribution in [2.75, 3.05) is 11.9 Å². The minimum atomic E-state index is 0.347. The second-order valence-corrected chi connectivity index (χ2v) is 6.03. The van der Waals surface area contributed by atoms with Gasteiger partial charge in [0.15, 0.2) is 0 Å². The molecular formula is C13H17Cl3N2. The molecule has 18 heavy (non-hydrogen) atoms. The second kappa shape index (κ2) is 6.33. The average molecular weight is 308 g/mol. The highest BCUT2D eigenvalue weighted by atomic mass is 35.5. The number of nitrogens with one attached hydrogen (secondary N) is 1. The molecule has 0 spiro atoms. The summed E-state index contributed by atoms with van der Waals surface area (Å²) in [5, 5.41) is 5.12. The van der Waals surface area contributed by atoms with E-state index in [2.05, 4.69) is 5.32 Å². The van der Waals surface area contributed by atoms with Gasteiger partial charge in [-0.1, -0.05) is 47.6 Å². The molecule has 0 amide bonds. The Morgan fingerprint density at radius 2 is 1.72 bits per heavy atom. The van der Waals surface area contributed by atoms with E-state index in [0.29, 0.717) is 33.6 Å². The molecule has 0 radical (unpaired) electrons. The predicted molar refractivity (Wildman–Crippen MR) is 79.9 cm³/mol. The minimum Gasteiger partial charge on any atom is -0.380 e. The molecule has 0 aromatic heterocycles. The van der Waals surface area contributed by atoms with E-state index in [0.717, 1.165) is 18.5 Å². The molecule has 0 bridgehead atoms. The van der Waals surface area contributed by atoms with Crippen LogP contribution in [-0.2, 0) is 0 Å². The normalized spacial score (nSPS) is 24.0. The van der Waals surface area contributed by atoms with E-state index < -0.39 is 0 Å². The van der Waals surface area contributed by atoms with E-state index in [9.17, 15) is 0 Å². The van der Waals surface area contributed by atoms with Crippen LogP contribution in [0.5, 0.6) is 0 Å². The Morgan fingerprint density at radius 1 is 1.11 bits per heavy atom. The van der Waals surface area contributed by atoms with Gasteiger partial charge in [-0.2, -0.15) is 0 Å². The minimum absolute atomic E-state index is 0.347. The van der Waals surface area contributed by atoms with Gasteiger partial charge < -0.3 is 11.1 Å². The molecule has 2 atom stereocenters. The zero-order valence-electron chi connectivity index (χ0n) is 10.1. The van der Waals surface area contributed by atoms with Crippen molar-refractivity contribution in [2.24, 2.45) is 11.7 Å². The summed E-state index contributed by atoms with van der Waals surface area (Å²) in [6.45, 7) is 0.695. The van der Waals surface area contributed by atoms with Crippen molar-refractivity contribution in [3.05, 3.63) is 27.2 Å². The number of anilines is 1. The van der Waals surface area contributed by atoms with Crippen molar-refractivity contribution < 1.29 is 0 Å². The molecule has 0 saturated heterocycles. The highest BCUT2D eigenvalue weighted by Gasteiger charge is 2.25. The van der Waals surface area contributed by atoms with Crippen molar-refractivity contribution in [1.29, 1.82) is 0 Å². The van der Waals surface area contributed by atoms with Crippen LogP contribution < -0.4 is 11.1 Å². The van der Waals surface area contributed by atoms with Crippen LogP contribution in [0.25, 0.3) is 0 Å². The van der Waals surface area contributed by atoms with Crippen molar-refractivity contribution in [3.8, 4) is 0 Å². The van der Waals surface area contributed by atoms with Crippen molar-refractivity contribution >= 4 is 40.5 Å². The van der Waals surface area contributed by atoms with E-state index in [1.165, 1.54) is 12.8 Å². The van der Waals surface area contributed by atoms with Gasteiger partial charge in [0, 0.05) is 11.1 Å². The molecule has 1 aromatic carbocycles. The van der Waals surface area contributed by atoms with Gasteiger partial charge in [0.1, 0.15) is 0 Å². The lowest BCUT2D eigenvalue weighted by molar-refractivity contribution is 0.332. The summed E-state index contributed by atoms with van der Waals surface area (Å²) in [5.74, 6) is 0.488. The molecule has 5 heteroatoms. The van der Waals surface area contributed by atoms with Gasteiger partial charge in [0.05, 0.1) is 15.7 Å². The maximum absolute atomic E-state index is 6.18. The molecule has 3 N–H and O–H groups in total. The highest BCUT2D eigenvalue weighted by molar-refractivity contribution is 6.41. The van der Waals surface area contributed by atoms with Crippen molar-refractivity contribution in [3.63, 3.8) is 0 Å². The highest BCUT2D eigenvalue weighted by Crippen LogP contribution is 2.36. The fraction of sp³-hybridized carbons (Fsp3) is 0.538. The number of nitrogens with two attached hydrogens (primary N) is 1. The number of benzene rings is 1. The fourth-order valence-corrected chi connectivity index (χ4v) is 3.47. The van der Waals surface area contributed by atoms with Crippen LogP contribution in [0.3, 0.4) is 0 Å². The van der Waals surface area contributed by atoms with E-state index in [4.69, 9.17) is 40.5 Å². The lowest BCUT2D eigenvalue weighted by atomic mass is 9.84. The molecule has 2 nitrogen and oxygen atoms in total. The molecule has 0 aliphatic heterocycles. The van der Waals surface area contributed by atoms with Crippen LogP contribution in [0.1, 0.15) is 25.7 Å². The maximum atomic E-state index is 6.18. The number of halogens is 3. The van der Waals surface area contributed by atoms with Crippen LogP contribution in [0, 0.1) is 5.92 Å². The van der Waals surface area contributed by atoms with E-state index in [-0.39, 0.29) is 0 Å². The topological polar surface area (TPSA) is 38.0 Å². The number of hydrogen-bond acceptors (Lipinski definition) is 2. The van der Waals surface area contributed by atoms with Crippen LogP contribution in [0.4, 0.5) is 5.69 Å². The molecule has 1 aromatic rings. The molecule has 1 saturated carbocycles. The first-order valence-electron chi connectivity index (χ1n) is 6.23. The van der Waals surface area contributed by atoms with Crippen LogP contribution in [-0.4, -0.2) is 12.6 Å². The Labute approximate surface area is 123 Å². The Balaban J connectivity index is 2.17. The summed E-state index contributed by atoms with van der Waals surface area (Å²) in [6.07, 6.45) is 4.74. The fourth-order valence-electron chi connectivity index (χ4n) is 2.55. The zero-order chi connectivity index (χ0) is 13.1. The Bertz CT molecular complexity index is 400. The van der Waals surface area contributed by atoms with Crippen LogP contribution in [0.2, 0.25) is 15.1 Å². The molecule has 1 fully saturated rings. The lowest BCUT2D eigenvalue weighted by Gasteiger charge is -2.32. The van der Waals surface area contributed by atoms with Gasteiger partial charge in [-0.05, 0) is 37.4 Å². The lowest BCUT2D eigenvalue weighted by Crippen LogP contribution is -2.36. The Morgan fingerprint density at radius 3 is 2.33 bits per heavy atom. The maximum Gasteiger partial charge on any atom is 0.0722 e. The van der Waals surface area contributed by atoms with Gasteiger partial charge in [-0.15, -0.1) is 0 Å². The molecular weight excluding hydrogens is 291 g/mol. The third-order valence-corrected chi connectivity index (χ3v) is 4.36. The van der Waals surface area contributed by atoms with E-state index in [1.54, 1.807) is 12.1 Å². The summed E-state index contributed by atoms with van der Waals surface area (Å²) in [6, 6.07) is 3.76. The van der Waals surface area contributed by atoms with Crippen molar-refractivity contribution in [1.82, 2.24) is 0 Å². The van der Waals surface area contributed by atoms with Gasteiger partial charge in [0.2, 0.25) is 0 Å². The standard InChI is InChI=1S/C13H17Cl3N2/c14-9-5-10(15)13(11(16)6-9)18-12-4-2-1-3-8(12)7-17/h5-6,8,12,18H,1-4,7,17H2. The summed E-state index contributed by atoms with van der Waals surface area (Å²) in [4.78, 5) is 0. The molecule has 2 unspecified atom stereocenters. The van der Waals surface area contributed by atoms with E-state index in [1.807, 2.05) is 0 Å². The summed E-state index contributed by atoms with van der Waals surface area (Å²) < 4.78 is 0. The van der Waals surface area contributed by atoms with Crippen LogP contribution >= 0.6 is 34.8 Å². The SMILES string of the molecule is NCC1CCCCC1Nc1c(Cl)cc(Cl)cc1Cl. The zero-order valence-corrected chi connectivity index (χ0v) is 12.3. The summed E-state index contributed by atoms with van der Waals surface area (Å²) >= 11 is 18.3. The Kier molecular flexibility index (Phi) is 5.02. The van der Waals surface area contributed by atoms with Crippen molar-refractivity contribution in [2.45, 2.75) is 31.7 Å². The smallest absolute Gasteiger partial charge is 0.0722 e. The molecule has 1 aliphatic carbocycles. The average Bonchev–Trinajstić information content (AvgIpc) is 2.34. The van der Waals surface area contributed by atoms with E-state index >= 15 is 0 Å². The monoisotopic (exact) mass is 306 g/mol. The third kappa shape index (κ3) is 3.24. The summed E-state index contributed by atoms with van der Waals surface area (Å²) in [5.41, 5.74) is 6.59. The first-order chi connectivity index (χ1) is 8.61. The predicted octanol–water partition coefficient (Wildman–Crippen LogP) is 4.58. The Hall–Kier alpha value is -0.150. The van der Waals surface area contributed by atoms with Gasteiger partial charge >= 0.3 is 0 Å². The first kappa shape index (κ1) is 14.3. The number of rotatable bonds is 3. The van der Waals surface area contributed by atoms with Gasteiger partial charge in [0.25, 0.3) is 0 Å². The second-order valence-electron chi connectivity index (χ2n) is 4.78. The first-order valence-corrected chi connectivity index (χ1v) is 7.36. The molecule has 100 valence electrons. The largest absolute Gasteiger partial charge is 0.380 e. The van der Waals surface area contributed by atoms with Crippen LogP contribution in [0.15, 0.2) is 12.1 Å². The van der Waals surface area contributed by atoms with Gasteiger partial charge in [-0.3, -0.25) is 0 Å². The third-order valence-electron chi connectivity index (χ3n) is 3.55. The molecule has 1 aliphatic rings. The molecule has 0 heterocycles.